The Labute approximate surface area is 172 Å². The molecule has 4 heteroatoms. The van der Waals surface area contributed by atoms with Crippen LogP contribution in [0, 0.1) is 0 Å². The second-order valence-corrected chi connectivity index (χ2v) is 7.82. The van der Waals surface area contributed by atoms with Crippen molar-refractivity contribution in [1.82, 2.24) is 0 Å². The molecular formula is C25H28O4. The van der Waals surface area contributed by atoms with Gasteiger partial charge in [-0.15, -0.1) is 0 Å². The van der Waals surface area contributed by atoms with E-state index in [-0.39, 0.29) is 29.3 Å². The summed E-state index contributed by atoms with van der Waals surface area (Å²) >= 11 is 0. The van der Waals surface area contributed by atoms with Crippen molar-refractivity contribution in [3.8, 4) is 17.2 Å². The lowest BCUT2D eigenvalue weighted by atomic mass is 9.92. The van der Waals surface area contributed by atoms with E-state index in [1.165, 1.54) is 17.2 Å². The highest BCUT2D eigenvalue weighted by molar-refractivity contribution is 6.03. The predicted molar refractivity (Wildman–Crippen MR) is 115 cm³/mol. The van der Waals surface area contributed by atoms with Gasteiger partial charge >= 0.3 is 0 Å². The lowest BCUT2D eigenvalue weighted by Crippen LogP contribution is -2.21. The van der Waals surface area contributed by atoms with Gasteiger partial charge in [0.15, 0.2) is 5.78 Å². The molecule has 0 saturated heterocycles. The van der Waals surface area contributed by atoms with E-state index in [0.717, 1.165) is 18.4 Å². The Balaban J connectivity index is 1.90. The molecule has 0 aliphatic carbocycles. The van der Waals surface area contributed by atoms with Crippen molar-refractivity contribution in [3.05, 3.63) is 76.4 Å². The second kappa shape index (κ2) is 8.99. The van der Waals surface area contributed by atoms with Gasteiger partial charge in [-0.25, -0.2) is 0 Å². The number of phenolic OH excluding ortho intramolecular Hbond substituents is 2. The van der Waals surface area contributed by atoms with E-state index in [1.54, 1.807) is 0 Å². The molecule has 3 rings (SSSR count). The number of rotatable bonds is 6. The summed E-state index contributed by atoms with van der Waals surface area (Å²) in [5.74, 6) is -0.179. The van der Waals surface area contributed by atoms with Gasteiger partial charge in [0, 0.05) is 11.6 Å². The van der Waals surface area contributed by atoms with Crippen molar-refractivity contribution in [2.24, 2.45) is 0 Å². The van der Waals surface area contributed by atoms with Gasteiger partial charge in [-0.2, -0.15) is 0 Å². The number of fused-ring (bicyclic) bond motifs is 1. The molecule has 4 nitrogen and oxygen atoms in total. The van der Waals surface area contributed by atoms with Crippen LogP contribution in [0.25, 0.3) is 0 Å². The van der Waals surface area contributed by atoms with Gasteiger partial charge < -0.3 is 14.9 Å². The fourth-order valence-corrected chi connectivity index (χ4v) is 3.54. The number of carbonyl (C=O) groups is 1. The van der Waals surface area contributed by atoms with E-state index in [2.05, 4.69) is 26.8 Å². The molecule has 1 aliphatic rings. The van der Waals surface area contributed by atoms with Gasteiger partial charge in [-0.1, -0.05) is 53.6 Å². The number of phenols is 2. The van der Waals surface area contributed by atoms with E-state index in [1.807, 2.05) is 36.4 Å². The lowest BCUT2D eigenvalue weighted by Gasteiger charge is -2.28. The Morgan fingerprint density at radius 2 is 1.83 bits per heavy atom. The molecule has 1 aliphatic heterocycles. The van der Waals surface area contributed by atoms with Crippen molar-refractivity contribution in [3.63, 3.8) is 0 Å². The van der Waals surface area contributed by atoms with Crippen molar-refractivity contribution in [2.45, 2.75) is 52.6 Å². The van der Waals surface area contributed by atoms with Gasteiger partial charge in [0.2, 0.25) is 0 Å². The van der Waals surface area contributed by atoms with Crippen LogP contribution in [0.15, 0.2) is 59.7 Å². The number of benzene rings is 2. The van der Waals surface area contributed by atoms with Crippen LogP contribution in [0.1, 0.15) is 67.6 Å². The van der Waals surface area contributed by atoms with Crippen LogP contribution in [0.2, 0.25) is 0 Å². The maximum Gasteiger partial charge on any atom is 0.174 e. The molecule has 1 unspecified atom stereocenters. The molecule has 0 fully saturated rings. The van der Waals surface area contributed by atoms with Crippen molar-refractivity contribution in [1.29, 1.82) is 0 Å². The average Bonchev–Trinajstić information content (AvgIpc) is 2.67. The van der Waals surface area contributed by atoms with E-state index in [0.29, 0.717) is 17.7 Å². The molecule has 152 valence electrons. The van der Waals surface area contributed by atoms with Gasteiger partial charge in [-0.05, 0) is 45.6 Å². The Morgan fingerprint density at radius 1 is 1.10 bits per heavy atom. The quantitative estimate of drug-likeness (QED) is 0.588. The van der Waals surface area contributed by atoms with Crippen LogP contribution >= 0.6 is 0 Å². The Kier molecular flexibility index (Phi) is 6.42. The maximum absolute atomic E-state index is 12.8. The van der Waals surface area contributed by atoms with Crippen molar-refractivity contribution >= 4 is 5.78 Å². The van der Waals surface area contributed by atoms with Crippen LogP contribution in [0.3, 0.4) is 0 Å². The summed E-state index contributed by atoms with van der Waals surface area (Å²) in [5, 5.41) is 20.7. The minimum absolute atomic E-state index is 0.0592. The predicted octanol–water partition coefficient (Wildman–Crippen LogP) is 6.04. The molecule has 0 radical (unpaired) electrons. The summed E-state index contributed by atoms with van der Waals surface area (Å²) in [6, 6.07) is 10.8. The minimum Gasteiger partial charge on any atom is -0.507 e. The average molecular weight is 392 g/mol. The Bertz CT molecular complexity index is 951. The van der Waals surface area contributed by atoms with Crippen LogP contribution in [-0.4, -0.2) is 16.0 Å². The minimum atomic E-state index is -0.432. The first kappa shape index (κ1) is 20.7. The van der Waals surface area contributed by atoms with Gasteiger partial charge in [0.25, 0.3) is 0 Å². The SMILES string of the molecule is CC(C)=CCC/C(C)=C/Cc1c(O)cc(O)c2c1OC(c1ccccc1)CC2=O. The summed E-state index contributed by atoms with van der Waals surface area (Å²) in [6.07, 6.45) is 6.30. The zero-order valence-electron chi connectivity index (χ0n) is 17.2. The van der Waals surface area contributed by atoms with Crippen molar-refractivity contribution in [2.75, 3.05) is 0 Å². The summed E-state index contributed by atoms with van der Waals surface area (Å²) in [5.41, 5.74) is 4.09. The molecule has 2 aromatic rings. The number of Topliss-reactive ketones (excluding diaryl/α,β-unsaturated/α-hetero) is 1. The second-order valence-electron chi connectivity index (χ2n) is 7.82. The molecule has 2 aromatic carbocycles. The third kappa shape index (κ3) is 4.89. The summed E-state index contributed by atoms with van der Waals surface area (Å²) in [6.45, 7) is 6.22. The molecule has 1 heterocycles. The number of hydrogen-bond acceptors (Lipinski definition) is 4. The van der Waals surface area contributed by atoms with E-state index < -0.39 is 6.10 Å². The third-order valence-electron chi connectivity index (χ3n) is 5.17. The lowest BCUT2D eigenvalue weighted by molar-refractivity contribution is 0.0842. The first-order chi connectivity index (χ1) is 13.9. The molecule has 0 amide bonds. The highest BCUT2D eigenvalue weighted by Crippen LogP contribution is 2.45. The normalized spacial score (nSPS) is 16.2. The number of carbonyl (C=O) groups excluding carboxylic acids is 1. The number of allylic oxidation sites excluding steroid dienone is 4. The molecule has 0 bridgehead atoms. The smallest absolute Gasteiger partial charge is 0.174 e. The molecule has 0 spiro atoms. The zero-order chi connectivity index (χ0) is 21.0. The zero-order valence-corrected chi connectivity index (χ0v) is 17.2. The highest BCUT2D eigenvalue weighted by Gasteiger charge is 2.33. The molecule has 2 N–H and O–H groups in total. The topological polar surface area (TPSA) is 66.8 Å². The first-order valence-electron chi connectivity index (χ1n) is 9.98. The molecule has 1 atom stereocenters. The van der Waals surface area contributed by atoms with Crippen LogP contribution in [-0.2, 0) is 6.42 Å². The number of ether oxygens (including phenoxy) is 1. The largest absolute Gasteiger partial charge is 0.507 e. The fraction of sp³-hybridized carbons (Fsp3) is 0.320. The summed E-state index contributed by atoms with van der Waals surface area (Å²) in [7, 11) is 0. The number of ketones is 1. The van der Waals surface area contributed by atoms with Crippen LogP contribution in [0.4, 0.5) is 0 Å². The summed E-state index contributed by atoms with van der Waals surface area (Å²) < 4.78 is 6.15. The Hall–Kier alpha value is -3.01. The van der Waals surface area contributed by atoms with E-state index in [9.17, 15) is 15.0 Å². The van der Waals surface area contributed by atoms with Crippen molar-refractivity contribution < 1.29 is 19.7 Å². The number of aromatic hydroxyl groups is 2. The monoisotopic (exact) mass is 392 g/mol. The highest BCUT2D eigenvalue weighted by atomic mass is 16.5. The Morgan fingerprint density at radius 3 is 2.52 bits per heavy atom. The maximum atomic E-state index is 12.8. The van der Waals surface area contributed by atoms with Gasteiger partial charge in [0.05, 0.1) is 6.42 Å². The standard InChI is InChI=1S/C25H28O4/c1-16(2)8-7-9-17(3)12-13-19-20(26)14-21(27)24-22(28)15-23(29-25(19)24)18-10-5-4-6-11-18/h4-6,8,10-12,14,23,26-27H,7,9,13,15H2,1-3H3/b17-12+. The first-order valence-corrected chi connectivity index (χ1v) is 9.98. The molecule has 0 saturated carbocycles. The summed E-state index contributed by atoms with van der Waals surface area (Å²) in [4.78, 5) is 12.8. The van der Waals surface area contributed by atoms with Gasteiger partial charge in [-0.3, -0.25) is 4.79 Å². The van der Waals surface area contributed by atoms with Crippen LogP contribution in [0.5, 0.6) is 17.2 Å². The number of hydrogen-bond donors (Lipinski definition) is 2. The van der Waals surface area contributed by atoms with Crippen LogP contribution < -0.4 is 4.74 Å². The van der Waals surface area contributed by atoms with Gasteiger partial charge in [0.1, 0.15) is 28.9 Å². The fourth-order valence-electron chi connectivity index (χ4n) is 3.54. The molecule has 0 aromatic heterocycles. The molecular weight excluding hydrogens is 364 g/mol. The molecule has 29 heavy (non-hydrogen) atoms. The van der Waals surface area contributed by atoms with E-state index >= 15 is 0 Å². The third-order valence-corrected chi connectivity index (χ3v) is 5.17. The van der Waals surface area contributed by atoms with E-state index in [4.69, 9.17) is 4.74 Å².